The molecule has 1 aliphatic rings. The Morgan fingerprint density at radius 3 is 2.36 bits per heavy atom. The van der Waals surface area contributed by atoms with Gasteiger partial charge in [-0.2, -0.15) is 0 Å². The van der Waals surface area contributed by atoms with E-state index in [-0.39, 0.29) is 0 Å². The van der Waals surface area contributed by atoms with Crippen LogP contribution in [0.15, 0.2) is 25.0 Å². The topological polar surface area (TPSA) is 18.5 Å². The Morgan fingerprint density at radius 2 is 2.00 bits per heavy atom. The number of hydrogen-bond acceptors (Lipinski definition) is 2. The molecule has 0 saturated heterocycles. The molecule has 0 N–H and O–H groups in total. The van der Waals surface area contributed by atoms with Crippen molar-refractivity contribution in [2.24, 2.45) is 5.92 Å². The highest BCUT2D eigenvalue weighted by Crippen LogP contribution is 2.37. The first-order valence-electron chi connectivity index (χ1n) is 5.13. The molecule has 1 aliphatic carbocycles. The third-order valence-corrected chi connectivity index (χ3v) is 3.11. The highest BCUT2D eigenvalue weighted by Gasteiger charge is 2.36. The lowest BCUT2D eigenvalue weighted by Gasteiger charge is -2.38. The Morgan fingerprint density at radius 1 is 1.43 bits per heavy atom. The molecule has 14 heavy (non-hydrogen) atoms. The van der Waals surface area contributed by atoms with Gasteiger partial charge >= 0.3 is 0 Å². The molecule has 1 fully saturated rings. The molecule has 0 atom stereocenters. The van der Waals surface area contributed by atoms with Gasteiger partial charge in [0.05, 0.1) is 6.26 Å². The average Bonchev–Trinajstić information content (AvgIpc) is 2.19. The second kappa shape index (κ2) is 4.65. The Kier molecular flexibility index (Phi) is 3.76. The Hall–Kier alpha value is -0.760. The molecule has 1 rings (SSSR count). The summed E-state index contributed by atoms with van der Waals surface area (Å²) in [6.45, 7) is 9.67. The fourth-order valence-corrected chi connectivity index (χ4v) is 2.07. The standard InChI is InChI=1S/C12H20O2/c1-5-14-12(13-4)8-6-11(7-9-12)10(2)3/h5,11H,1-2,6-9H2,3-4H3. The molecule has 0 unspecified atom stereocenters. The Bertz CT molecular complexity index is 212. The van der Waals surface area contributed by atoms with Crippen molar-refractivity contribution in [1.82, 2.24) is 0 Å². The summed E-state index contributed by atoms with van der Waals surface area (Å²) in [4.78, 5) is 0. The van der Waals surface area contributed by atoms with Gasteiger partial charge < -0.3 is 9.47 Å². The van der Waals surface area contributed by atoms with Gasteiger partial charge in [-0.25, -0.2) is 0 Å². The maximum Gasteiger partial charge on any atom is 0.209 e. The van der Waals surface area contributed by atoms with Crippen molar-refractivity contribution >= 4 is 0 Å². The maximum atomic E-state index is 5.46. The number of hydrogen-bond donors (Lipinski definition) is 0. The van der Waals surface area contributed by atoms with Crippen molar-refractivity contribution in [3.05, 3.63) is 25.0 Å². The lowest BCUT2D eigenvalue weighted by atomic mass is 9.81. The zero-order chi connectivity index (χ0) is 10.6. The van der Waals surface area contributed by atoms with Crippen LogP contribution in [0.1, 0.15) is 32.6 Å². The predicted molar refractivity (Wildman–Crippen MR) is 57.8 cm³/mol. The second-order valence-electron chi connectivity index (χ2n) is 4.02. The first kappa shape index (κ1) is 11.3. The van der Waals surface area contributed by atoms with Gasteiger partial charge in [0, 0.05) is 20.0 Å². The van der Waals surface area contributed by atoms with Crippen LogP contribution in [0.2, 0.25) is 0 Å². The largest absolute Gasteiger partial charge is 0.471 e. The molecule has 0 aliphatic heterocycles. The van der Waals surface area contributed by atoms with Crippen molar-refractivity contribution in [3.8, 4) is 0 Å². The molecule has 80 valence electrons. The SMILES string of the molecule is C=COC1(OC)CCC(C(=C)C)CC1. The van der Waals surface area contributed by atoms with E-state index in [0.29, 0.717) is 5.92 Å². The van der Waals surface area contributed by atoms with Gasteiger partial charge in [0.1, 0.15) is 0 Å². The summed E-state index contributed by atoms with van der Waals surface area (Å²) < 4.78 is 10.9. The van der Waals surface area contributed by atoms with E-state index in [2.05, 4.69) is 20.1 Å². The number of rotatable bonds is 4. The van der Waals surface area contributed by atoms with Crippen LogP contribution < -0.4 is 0 Å². The van der Waals surface area contributed by atoms with E-state index in [1.807, 2.05) is 0 Å². The van der Waals surface area contributed by atoms with Crippen LogP contribution in [0, 0.1) is 5.92 Å². The van der Waals surface area contributed by atoms with E-state index in [9.17, 15) is 0 Å². The predicted octanol–water partition coefficient (Wildman–Crippen LogP) is 3.26. The van der Waals surface area contributed by atoms with Crippen molar-refractivity contribution in [2.45, 2.75) is 38.4 Å². The molecule has 0 aromatic rings. The summed E-state index contributed by atoms with van der Waals surface area (Å²) in [5.41, 5.74) is 1.27. The zero-order valence-corrected chi connectivity index (χ0v) is 9.21. The van der Waals surface area contributed by atoms with Crippen LogP contribution in [-0.2, 0) is 9.47 Å². The van der Waals surface area contributed by atoms with E-state index in [1.165, 1.54) is 11.8 Å². The van der Waals surface area contributed by atoms with E-state index in [0.717, 1.165) is 25.7 Å². The van der Waals surface area contributed by atoms with Gasteiger partial charge in [0.25, 0.3) is 0 Å². The van der Waals surface area contributed by atoms with Crippen LogP contribution >= 0.6 is 0 Å². The summed E-state index contributed by atoms with van der Waals surface area (Å²) >= 11 is 0. The van der Waals surface area contributed by atoms with E-state index < -0.39 is 5.79 Å². The first-order chi connectivity index (χ1) is 6.63. The smallest absolute Gasteiger partial charge is 0.209 e. The van der Waals surface area contributed by atoms with Crippen molar-refractivity contribution in [3.63, 3.8) is 0 Å². The molecule has 0 bridgehead atoms. The molecular weight excluding hydrogens is 176 g/mol. The lowest BCUT2D eigenvalue weighted by molar-refractivity contribution is -0.211. The fourth-order valence-electron chi connectivity index (χ4n) is 2.07. The highest BCUT2D eigenvalue weighted by atomic mass is 16.7. The fraction of sp³-hybridized carbons (Fsp3) is 0.667. The average molecular weight is 196 g/mol. The minimum Gasteiger partial charge on any atom is -0.471 e. The second-order valence-corrected chi connectivity index (χ2v) is 4.02. The third-order valence-electron chi connectivity index (χ3n) is 3.11. The third kappa shape index (κ3) is 2.38. The summed E-state index contributed by atoms with van der Waals surface area (Å²) in [6.07, 6.45) is 5.51. The molecule has 1 saturated carbocycles. The summed E-state index contributed by atoms with van der Waals surface area (Å²) in [6, 6.07) is 0. The monoisotopic (exact) mass is 196 g/mol. The van der Waals surface area contributed by atoms with Gasteiger partial charge in [-0.3, -0.25) is 0 Å². The Labute approximate surface area is 86.6 Å². The summed E-state index contributed by atoms with van der Waals surface area (Å²) in [7, 11) is 1.70. The molecular formula is C12H20O2. The van der Waals surface area contributed by atoms with Crippen molar-refractivity contribution in [1.29, 1.82) is 0 Å². The van der Waals surface area contributed by atoms with Gasteiger partial charge in [0.2, 0.25) is 5.79 Å². The Balaban J connectivity index is 2.54. The lowest BCUT2D eigenvalue weighted by Crippen LogP contribution is -2.37. The molecule has 0 aromatic carbocycles. The van der Waals surface area contributed by atoms with Crippen LogP contribution in [0.25, 0.3) is 0 Å². The molecule has 0 amide bonds. The zero-order valence-electron chi connectivity index (χ0n) is 9.21. The minimum absolute atomic E-state index is 0.423. The van der Waals surface area contributed by atoms with Gasteiger partial charge in [-0.1, -0.05) is 18.7 Å². The van der Waals surface area contributed by atoms with Crippen LogP contribution in [0.4, 0.5) is 0 Å². The highest BCUT2D eigenvalue weighted by molar-refractivity contribution is 4.99. The first-order valence-corrected chi connectivity index (χ1v) is 5.13. The number of methoxy groups -OCH3 is 1. The van der Waals surface area contributed by atoms with E-state index >= 15 is 0 Å². The maximum absolute atomic E-state index is 5.46. The number of allylic oxidation sites excluding steroid dienone is 1. The molecule has 0 radical (unpaired) electrons. The van der Waals surface area contributed by atoms with Crippen LogP contribution in [0.3, 0.4) is 0 Å². The normalized spacial score (nSPS) is 32.3. The van der Waals surface area contributed by atoms with E-state index in [1.54, 1.807) is 7.11 Å². The molecule has 0 aromatic heterocycles. The number of ether oxygens (including phenoxy) is 2. The van der Waals surface area contributed by atoms with Gasteiger partial charge in [-0.15, -0.1) is 0 Å². The summed E-state index contributed by atoms with van der Waals surface area (Å²) in [5.74, 6) is 0.208. The molecule has 2 heteroatoms. The molecule has 0 heterocycles. The van der Waals surface area contributed by atoms with Gasteiger partial charge in [0.15, 0.2) is 0 Å². The quantitative estimate of drug-likeness (QED) is 0.390. The molecule has 2 nitrogen and oxygen atoms in total. The van der Waals surface area contributed by atoms with E-state index in [4.69, 9.17) is 9.47 Å². The van der Waals surface area contributed by atoms with Crippen LogP contribution in [0.5, 0.6) is 0 Å². The summed E-state index contributed by atoms with van der Waals surface area (Å²) in [5, 5.41) is 0. The van der Waals surface area contributed by atoms with Gasteiger partial charge in [-0.05, 0) is 25.7 Å². The minimum atomic E-state index is -0.423. The van der Waals surface area contributed by atoms with Crippen molar-refractivity contribution in [2.75, 3.05) is 7.11 Å². The molecule has 0 spiro atoms. The van der Waals surface area contributed by atoms with Crippen molar-refractivity contribution < 1.29 is 9.47 Å². The van der Waals surface area contributed by atoms with Crippen LogP contribution in [-0.4, -0.2) is 12.9 Å².